The minimum absolute atomic E-state index is 0.0484. The van der Waals surface area contributed by atoms with Gasteiger partial charge in [-0.2, -0.15) is 0 Å². The van der Waals surface area contributed by atoms with Gasteiger partial charge in [0, 0.05) is 50.4 Å². The van der Waals surface area contributed by atoms with Gasteiger partial charge in [0.25, 0.3) is 5.56 Å². The van der Waals surface area contributed by atoms with Crippen LogP contribution in [-0.4, -0.2) is 43.7 Å². The first kappa shape index (κ1) is 22.3. The van der Waals surface area contributed by atoms with Crippen LogP contribution in [0.2, 0.25) is 0 Å². The predicted octanol–water partition coefficient (Wildman–Crippen LogP) is 3.75. The number of carbonyl (C=O) groups is 1. The van der Waals surface area contributed by atoms with Crippen LogP contribution in [0.15, 0.2) is 29.3 Å². The number of nitrogens with zero attached hydrogens (tertiary/aromatic N) is 4. The van der Waals surface area contributed by atoms with Crippen molar-refractivity contribution in [2.24, 2.45) is 5.41 Å². The maximum atomic E-state index is 13.6. The molecule has 176 valence electrons. The molecule has 0 bridgehead atoms. The molecule has 1 unspecified atom stereocenters. The molecule has 1 N–H and O–H groups in total. The van der Waals surface area contributed by atoms with E-state index in [0.29, 0.717) is 12.4 Å². The Morgan fingerprint density at radius 3 is 2.82 bits per heavy atom. The van der Waals surface area contributed by atoms with Crippen LogP contribution in [0, 0.1) is 5.41 Å². The van der Waals surface area contributed by atoms with E-state index < -0.39 is 0 Å². The standard InChI is InChI=1S/C26H35N5O2/c1-26(11-4-2-5-12-26)25(33)31-14-6-3-9-22(31)23-28-21-10-15-30(18-20(21)24(32)29-23)17-19-8-7-13-27-16-19/h7-8,13,16,22H,2-6,9-12,14-15,17-18H2,1H3,(H,28,29,32). The van der Waals surface area contributed by atoms with Gasteiger partial charge in [0.1, 0.15) is 5.82 Å². The average Bonchev–Trinajstić information content (AvgIpc) is 2.85. The van der Waals surface area contributed by atoms with Crippen molar-refractivity contribution >= 4 is 5.91 Å². The van der Waals surface area contributed by atoms with Gasteiger partial charge >= 0.3 is 0 Å². The SMILES string of the molecule is CC1(C(=O)N2CCCCC2c2nc3c(c(=O)[nH]2)CN(Cc2cccnc2)CC3)CCCCC1. The Morgan fingerprint density at radius 2 is 2.03 bits per heavy atom. The van der Waals surface area contributed by atoms with E-state index in [1.807, 2.05) is 17.2 Å². The van der Waals surface area contributed by atoms with Crippen molar-refractivity contribution in [3.8, 4) is 0 Å². The van der Waals surface area contributed by atoms with Gasteiger partial charge < -0.3 is 9.88 Å². The number of fused-ring (bicyclic) bond motifs is 1. The van der Waals surface area contributed by atoms with Gasteiger partial charge in [-0.05, 0) is 43.7 Å². The maximum Gasteiger partial charge on any atom is 0.255 e. The Morgan fingerprint density at radius 1 is 1.18 bits per heavy atom. The number of nitrogens with one attached hydrogen (secondary N) is 1. The maximum absolute atomic E-state index is 13.6. The third-order valence-corrected chi connectivity index (χ3v) is 7.85. The Kier molecular flexibility index (Phi) is 6.32. The zero-order valence-electron chi connectivity index (χ0n) is 19.7. The van der Waals surface area contributed by atoms with E-state index in [-0.39, 0.29) is 22.9 Å². The zero-order chi connectivity index (χ0) is 22.8. The predicted molar refractivity (Wildman–Crippen MR) is 126 cm³/mol. The monoisotopic (exact) mass is 449 g/mol. The third-order valence-electron chi connectivity index (χ3n) is 7.85. The second-order valence-electron chi connectivity index (χ2n) is 10.3. The van der Waals surface area contributed by atoms with Gasteiger partial charge in [-0.15, -0.1) is 0 Å². The second kappa shape index (κ2) is 9.37. The molecule has 7 nitrogen and oxygen atoms in total. The van der Waals surface area contributed by atoms with Crippen LogP contribution >= 0.6 is 0 Å². The molecule has 33 heavy (non-hydrogen) atoms. The van der Waals surface area contributed by atoms with E-state index in [0.717, 1.165) is 87.8 Å². The van der Waals surface area contributed by atoms with Crippen molar-refractivity contribution in [2.45, 2.75) is 83.8 Å². The van der Waals surface area contributed by atoms with Crippen LogP contribution in [-0.2, 0) is 24.3 Å². The molecule has 2 fully saturated rings. The molecule has 0 spiro atoms. The number of carbonyl (C=O) groups excluding carboxylic acids is 1. The van der Waals surface area contributed by atoms with Crippen molar-refractivity contribution < 1.29 is 4.79 Å². The van der Waals surface area contributed by atoms with Gasteiger partial charge in [0.2, 0.25) is 5.91 Å². The molecule has 0 aromatic carbocycles. The molecule has 3 aliphatic rings. The summed E-state index contributed by atoms with van der Waals surface area (Å²) in [4.78, 5) is 43.3. The Bertz CT molecular complexity index is 1040. The first-order valence-electron chi connectivity index (χ1n) is 12.6. The number of piperidine rings is 1. The summed E-state index contributed by atoms with van der Waals surface area (Å²) in [6, 6.07) is 3.89. The van der Waals surface area contributed by atoms with Crippen LogP contribution in [0.4, 0.5) is 0 Å². The van der Waals surface area contributed by atoms with E-state index in [1.165, 1.54) is 6.42 Å². The van der Waals surface area contributed by atoms with Crippen molar-refractivity contribution in [1.82, 2.24) is 24.8 Å². The minimum atomic E-state index is -0.269. The van der Waals surface area contributed by atoms with E-state index in [2.05, 4.69) is 27.9 Å². The molecule has 7 heteroatoms. The normalized spacial score (nSPS) is 23.2. The van der Waals surface area contributed by atoms with Crippen LogP contribution in [0.1, 0.15) is 87.0 Å². The third kappa shape index (κ3) is 4.60. The number of aromatic amines is 1. The number of hydrogen-bond acceptors (Lipinski definition) is 5. The summed E-state index contributed by atoms with van der Waals surface area (Å²) >= 11 is 0. The topological polar surface area (TPSA) is 82.2 Å². The molecule has 2 aromatic rings. The number of aromatic nitrogens is 3. The number of amides is 1. The summed E-state index contributed by atoms with van der Waals surface area (Å²) in [7, 11) is 0. The minimum Gasteiger partial charge on any atom is -0.332 e. The number of rotatable bonds is 4. The van der Waals surface area contributed by atoms with Crippen LogP contribution in [0.25, 0.3) is 0 Å². The molecule has 5 rings (SSSR count). The molecular formula is C26H35N5O2. The summed E-state index contributed by atoms with van der Waals surface area (Å²) in [5.74, 6) is 0.946. The molecule has 0 radical (unpaired) electrons. The van der Waals surface area contributed by atoms with Gasteiger partial charge in [-0.1, -0.05) is 32.3 Å². The molecule has 2 aliphatic heterocycles. The fourth-order valence-corrected chi connectivity index (χ4v) is 5.89. The number of H-pyrrole nitrogens is 1. The fourth-order valence-electron chi connectivity index (χ4n) is 5.89. The van der Waals surface area contributed by atoms with E-state index in [1.54, 1.807) is 6.20 Å². The summed E-state index contributed by atoms with van der Waals surface area (Å²) in [6.45, 7) is 5.14. The highest BCUT2D eigenvalue weighted by molar-refractivity contribution is 5.83. The lowest BCUT2D eigenvalue weighted by molar-refractivity contribution is -0.147. The van der Waals surface area contributed by atoms with Crippen LogP contribution in [0.3, 0.4) is 0 Å². The summed E-state index contributed by atoms with van der Waals surface area (Å²) in [5, 5.41) is 0. The van der Waals surface area contributed by atoms with Crippen molar-refractivity contribution in [3.05, 3.63) is 57.5 Å². The highest BCUT2D eigenvalue weighted by Crippen LogP contribution is 2.41. The lowest BCUT2D eigenvalue weighted by Gasteiger charge is -2.42. The smallest absolute Gasteiger partial charge is 0.255 e. The molecule has 4 heterocycles. The lowest BCUT2D eigenvalue weighted by Crippen LogP contribution is -2.48. The molecule has 1 saturated carbocycles. The van der Waals surface area contributed by atoms with Crippen LogP contribution < -0.4 is 5.56 Å². The van der Waals surface area contributed by atoms with E-state index in [4.69, 9.17) is 4.98 Å². The summed E-state index contributed by atoms with van der Waals surface area (Å²) in [5.41, 5.74) is 2.50. The molecule has 1 atom stereocenters. The zero-order valence-corrected chi connectivity index (χ0v) is 19.7. The summed E-state index contributed by atoms with van der Waals surface area (Å²) in [6.07, 6.45) is 12.8. The fraction of sp³-hybridized carbons (Fsp3) is 0.615. The van der Waals surface area contributed by atoms with Gasteiger partial charge in [0.05, 0.1) is 17.3 Å². The molecule has 1 aliphatic carbocycles. The summed E-state index contributed by atoms with van der Waals surface area (Å²) < 4.78 is 0. The van der Waals surface area contributed by atoms with E-state index in [9.17, 15) is 9.59 Å². The largest absolute Gasteiger partial charge is 0.332 e. The molecule has 2 aromatic heterocycles. The Labute approximate surface area is 195 Å². The molecular weight excluding hydrogens is 414 g/mol. The Hall–Kier alpha value is -2.54. The molecule has 1 amide bonds. The molecule has 1 saturated heterocycles. The first-order chi connectivity index (χ1) is 16.0. The first-order valence-corrected chi connectivity index (χ1v) is 12.6. The number of likely N-dealkylation sites (tertiary alicyclic amines) is 1. The van der Waals surface area contributed by atoms with Crippen molar-refractivity contribution in [1.29, 1.82) is 0 Å². The highest BCUT2D eigenvalue weighted by Gasteiger charge is 2.41. The quantitative estimate of drug-likeness (QED) is 0.769. The van der Waals surface area contributed by atoms with E-state index >= 15 is 0 Å². The van der Waals surface area contributed by atoms with Crippen LogP contribution in [0.5, 0.6) is 0 Å². The van der Waals surface area contributed by atoms with Crippen molar-refractivity contribution in [3.63, 3.8) is 0 Å². The number of hydrogen-bond donors (Lipinski definition) is 1. The van der Waals surface area contributed by atoms with Gasteiger partial charge in [-0.25, -0.2) is 4.98 Å². The van der Waals surface area contributed by atoms with Crippen molar-refractivity contribution in [2.75, 3.05) is 13.1 Å². The van der Waals surface area contributed by atoms with Gasteiger partial charge in [-0.3, -0.25) is 19.5 Å². The van der Waals surface area contributed by atoms with Gasteiger partial charge in [0.15, 0.2) is 0 Å². The lowest BCUT2D eigenvalue weighted by atomic mass is 9.74. The number of pyridine rings is 1. The highest BCUT2D eigenvalue weighted by atomic mass is 16.2. The average molecular weight is 450 g/mol. The second-order valence-corrected chi connectivity index (χ2v) is 10.3. The Balaban J connectivity index is 1.36.